The van der Waals surface area contributed by atoms with Crippen molar-refractivity contribution < 1.29 is 35.1 Å². The van der Waals surface area contributed by atoms with Gasteiger partial charge in [0, 0.05) is 11.8 Å². The van der Waals surface area contributed by atoms with Crippen LogP contribution < -0.4 is 9.46 Å². The molecule has 0 saturated heterocycles. The van der Waals surface area contributed by atoms with Crippen molar-refractivity contribution in [3.05, 3.63) is 54.1 Å². The number of alkyl halides is 3. The van der Waals surface area contributed by atoms with Gasteiger partial charge in [0.15, 0.2) is 6.61 Å². The van der Waals surface area contributed by atoms with E-state index in [1.807, 2.05) is 4.72 Å². The number of anilines is 1. The van der Waals surface area contributed by atoms with Gasteiger partial charge in [0.2, 0.25) is 0 Å². The van der Waals surface area contributed by atoms with Crippen LogP contribution in [0.1, 0.15) is 0 Å². The van der Waals surface area contributed by atoms with Crippen LogP contribution in [0.4, 0.5) is 27.6 Å². The molecular formula is C14H10F5NO3S. The van der Waals surface area contributed by atoms with E-state index >= 15 is 0 Å². The van der Waals surface area contributed by atoms with E-state index in [1.54, 1.807) is 0 Å². The van der Waals surface area contributed by atoms with Crippen LogP contribution >= 0.6 is 0 Å². The van der Waals surface area contributed by atoms with Crippen molar-refractivity contribution in [1.29, 1.82) is 0 Å². The zero-order chi connectivity index (χ0) is 18.0. The average Bonchev–Trinajstić information content (AvgIpc) is 2.45. The summed E-state index contributed by atoms with van der Waals surface area (Å²) in [6.07, 6.45) is -4.50. The lowest BCUT2D eigenvalue weighted by Crippen LogP contribution is -2.19. The molecule has 0 aliphatic heterocycles. The minimum atomic E-state index is -4.50. The Balaban J connectivity index is 2.12. The number of rotatable bonds is 5. The van der Waals surface area contributed by atoms with Gasteiger partial charge in [-0.1, -0.05) is 0 Å². The van der Waals surface area contributed by atoms with Crippen LogP contribution in [0.3, 0.4) is 0 Å². The van der Waals surface area contributed by atoms with Crippen molar-refractivity contribution in [1.82, 2.24) is 0 Å². The molecule has 0 saturated carbocycles. The smallest absolute Gasteiger partial charge is 0.422 e. The van der Waals surface area contributed by atoms with Crippen LogP contribution in [0.2, 0.25) is 0 Å². The molecule has 0 atom stereocenters. The first-order valence-corrected chi connectivity index (χ1v) is 7.83. The third-order valence-corrected chi connectivity index (χ3v) is 4.11. The van der Waals surface area contributed by atoms with Crippen molar-refractivity contribution in [3.8, 4) is 5.75 Å². The normalized spacial score (nSPS) is 12.0. The van der Waals surface area contributed by atoms with Gasteiger partial charge < -0.3 is 4.74 Å². The van der Waals surface area contributed by atoms with Crippen molar-refractivity contribution in [3.63, 3.8) is 0 Å². The van der Waals surface area contributed by atoms with E-state index in [0.717, 1.165) is 36.4 Å². The molecule has 2 aromatic carbocycles. The fourth-order valence-corrected chi connectivity index (χ4v) is 2.81. The fourth-order valence-electron chi connectivity index (χ4n) is 1.69. The van der Waals surface area contributed by atoms with Gasteiger partial charge in [0.1, 0.15) is 22.3 Å². The first-order valence-electron chi connectivity index (χ1n) is 6.34. The number of hydrogen-bond donors (Lipinski definition) is 1. The molecule has 0 fully saturated rings. The predicted molar refractivity (Wildman–Crippen MR) is 75.2 cm³/mol. The van der Waals surface area contributed by atoms with E-state index in [0.29, 0.717) is 6.07 Å². The van der Waals surface area contributed by atoms with Crippen molar-refractivity contribution in [2.75, 3.05) is 11.3 Å². The van der Waals surface area contributed by atoms with Crippen molar-refractivity contribution >= 4 is 15.7 Å². The monoisotopic (exact) mass is 367 g/mol. The molecule has 0 bridgehead atoms. The Hall–Kier alpha value is -2.36. The van der Waals surface area contributed by atoms with Crippen molar-refractivity contribution in [2.45, 2.75) is 11.1 Å². The van der Waals surface area contributed by atoms with Gasteiger partial charge in [-0.05, 0) is 36.4 Å². The zero-order valence-electron chi connectivity index (χ0n) is 11.8. The lowest BCUT2D eigenvalue weighted by atomic mass is 10.3. The first-order chi connectivity index (χ1) is 11.1. The Labute approximate surface area is 133 Å². The Bertz CT molecular complexity index is 819. The maximum Gasteiger partial charge on any atom is 0.422 e. The molecule has 0 spiro atoms. The van der Waals surface area contributed by atoms with Crippen LogP contribution in [-0.2, 0) is 10.0 Å². The molecule has 2 aromatic rings. The molecule has 0 radical (unpaired) electrons. The highest BCUT2D eigenvalue weighted by atomic mass is 32.2. The van der Waals surface area contributed by atoms with Crippen LogP contribution in [0.25, 0.3) is 0 Å². The highest BCUT2D eigenvalue weighted by Crippen LogP contribution is 2.23. The predicted octanol–water partition coefficient (Wildman–Crippen LogP) is 3.71. The van der Waals surface area contributed by atoms with Gasteiger partial charge in [-0.3, -0.25) is 4.72 Å². The summed E-state index contributed by atoms with van der Waals surface area (Å²) < 4.78 is 92.9. The maximum atomic E-state index is 13.5. The van der Waals surface area contributed by atoms with E-state index in [2.05, 4.69) is 4.74 Å². The average molecular weight is 367 g/mol. The van der Waals surface area contributed by atoms with Gasteiger partial charge >= 0.3 is 6.18 Å². The summed E-state index contributed by atoms with van der Waals surface area (Å²) in [7, 11) is -4.32. The van der Waals surface area contributed by atoms with Gasteiger partial charge in [0.25, 0.3) is 10.0 Å². The SMILES string of the molecule is O=S(=O)(Nc1ccc(OCC(F)(F)F)cc1)c1ccc(F)cc1F. The molecule has 0 heterocycles. The highest BCUT2D eigenvalue weighted by Gasteiger charge is 2.28. The van der Waals surface area contributed by atoms with E-state index in [9.17, 15) is 30.4 Å². The number of hydrogen-bond acceptors (Lipinski definition) is 3. The molecule has 0 amide bonds. The summed E-state index contributed by atoms with van der Waals surface area (Å²) in [4.78, 5) is -0.763. The van der Waals surface area contributed by atoms with Crippen molar-refractivity contribution in [2.24, 2.45) is 0 Å². The van der Waals surface area contributed by atoms with E-state index in [1.165, 1.54) is 0 Å². The van der Waals surface area contributed by atoms with E-state index < -0.39 is 39.3 Å². The summed E-state index contributed by atoms with van der Waals surface area (Å²) in [5.41, 5.74) is -0.0296. The van der Waals surface area contributed by atoms with Crippen LogP contribution in [0.5, 0.6) is 5.75 Å². The second-order valence-electron chi connectivity index (χ2n) is 4.61. The third kappa shape index (κ3) is 4.82. The Morgan fingerprint density at radius 1 is 1.00 bits per heavy atom. The molecule has 0 unspecified atom stereocenters. The third-order valence-electron chi connectivity index (χ3n) is 2.69. The molecule has 0 aliphatic rings. The van der Waals surface area contributed by atoms with Crippen LogP contribution in [0, 0.1) is 11.6 Å². The Morgan fingerprint density at radius 2 is 1.62 bits per heavy atom. The van der Waals surface area contributed by atoms with Crippen LogP contribution in [0.15, 0.2) is 47.4 Å². The molecule has 2 rings (SSSR count). The summed E-state index contributed by atoms with van der Waals surface area (Å²) in [6.45, 7) is -1.49. The van der Waals surface area contributed by atoms with Gasteiger partial charge in [-0.2, -0.15) is 13.2 Å². The molecule has 1 N–H and O–H groups in total. The first kappa shape index (κ1) is 18.0. The molecular weight excluding hydrogens is 357 g/mol. The van der Waals surface area contributed by atoms with E-state index in [-0.39, 0.29) is 11.4 Å². The second kappa shape index (κ2) is 6.63. The molecule has 130 valence electrons. The molecule has 24 heavy (non-hydrogen) atoms. The standard InChI is InChI=1S/C14H10F5NO3S/c15-9-1-6-13(12(16)7-9)24(21,22)20-10-2-4-11(5-3-10)23-8-14(17,18)19/h1-7,20H,8H2. The number of ether oxygens (including phenoxy) is 1. The topological polar surface area (TPSA) is 55.4 Å². The Morgan fingerprint density at radius 3 is 2.17 bits per heavy atom. The summed E-state index contributed by atoms with van der Waals surface area (Å²) in [6, 6.07) is 6.48. The highest BCUT2D eigenvalue weighted by molar-refractivity contribution is 7.92. The van der Waals surface area contributed by atoms with E-state index in [4.69, 9.17) is 0 Å². The fraction of sp³-hybridized carbons (Fsp3) is 0.143. The van der Waals surface area contributed by atoms with Crippen LogP contribution in [-0.4, -0.2) is 21.2 Å². The lowest BCUT2D eigenvalue weighted by molar-refractivity contribution is -0.153. The number of halogens is 5. The second-order valence-corrected chi connectivity index (χ2v) is 6.26. The minimum Gasteiger partial charge on any atom is -0.484 e. The largest absolute Gasteiger partial charge is 0.484 e. The molecule has 4 nitrogen and oxygen atoms in total. The summed E-state index contributed by atoms with van der Waals surface area (Å²) in [5, 5.41) is 0. The number of sulfonamides is 1. The number of nitrogens with one attached hydrogen (secondary N) is 1. The molecule has 10 heteroatoms. The summed E-state index contributed by atoms with van der Waals surface area (Å²) in [5.74, 6) is -2.33. The number of benzene rings is 2. The zero-order valence-corrected chi connectivity index (χ0v) is 12.6. The van der Waals surface area contributed by atoms with Gasteiger partial charge in [-0.25, -0.2) is 17.2 Å². The quantitative estimate of drug-likeness (QED) is 0.820. The van der Waals surface area contributed by atoms with Gasteiger partial charge in [0.05, 0.1) is 0 Å². The summed E-state index contributed by atoms with van der Waals surface area (Å²) >= 11 is 0. The Kier molecular flexibility index (Phi) is 4.97. The minimum absolute atomic E-state index is 0.0296. The molecule has 0 aliphatic carbocycles. The van der Waals surface area contributed by atoms with Gasteiger partial charge in [-0.15, -0.1) is 0 Å². The lowest BCUT2D eigenvalue weighted by Gasteiger charge is -2.11. The maximum absolute atomic E-state index is 13.5. The molecule has 0 aromatic heterocycles.